The molecule has 0 radical (unpaired) electrons. The van der Waals surface area contributed by atoms with Crippen molar-refractivity contribution in [2.24, 2.45) is 11.8 Å². The quantitative estimate of drug-likeness (QED) is 0.879. The lowest BCUT2D eigenvalue weighted by atomic mass is 10.2. The molecule has 3 nitrogen and oxygen atoms in total. The standard InChI is InChI=1S/C16H24N2O/c1-13-10-15(13)12-17-11-14-2-4-16(5-3-14)18-6-8-19-9-7-18/h2-5,13,15,17H,6-12H2,1H3. The molecular formula is C16H24N2O. The molecule has 3 heteroatoms. The summed E-state index contributed by atoms with van der Waals surface area (Å²) in [5, 5.41) is 3.56. The van der Waals surface area contributed by atoms with E-state index in [2.05, 4.69) is 41.4 Å². The Balaban J connectivity index is 1.47. The van der Waals surface area contributed by atoms with E-state index in [0.717, 1.165) is 44.7 Å². The van der Waals surface area contributed by atoms with Gasteiger partial charge in [0.05, 0.1) is 13.2 Å². The fourth-order valence-corrected chi connectivity index (χ4v) is 2.73. The van der Waals surface area contributed by atoms with Crippen molar-refractivity contribution in [3.05, 3.63) is 29.8 Å². The molecule has 1 aliphatic heterocycles. The Hall–Kier alpha value is -1.06. The topological polar surface area (TPSA) is 24.5 Å². The molecule has 1 saturated carbocycles. The van der Waals surface area contributed by atoms with Gasteiger partial charge in [-0.25, -0.2) is 0 Å². The van der Waals surface area contributed by atoms with E-state index in [4.69, 9.17) is 4.74 Å². The highest BCUT2D eigenvalue weighted by Crippen LogP contribution is 2.36. The lowest BCUT2D eigenvalue weighted by Gasteiger charge is -2.28. The summed E-state index contributed by atoms with van der Waals surface area (Å²) < 4.78 is 5.38. The molecule has 2 fully saturated rings. The summed E-state index contributed by atoms with van der Waals surface area (Å²) in [6.07, 6.45) is 1.41. The molecule has 2 aliphatic rings. The van der Waals surface area contributed by atoms with Gasteiger partial charge in [0.15, 0.2) is 0 Å². The van der Waals surface area contributed by atoms with Crippen molar-refractivity contribution in [2.45, 2.75) is 19.9 Å². The van der Waals surface area contributed by atoms with E-state index < -0.39 is 0 Å². The van der Waals surface area contributed by atoms with Gasteiger partial charge in [0, 0.05) is 25.3 Å². The predicted molar refractivity (Wildman–Crippen MR) is 78.5 cm³/mol. The molecule has 0 bridgehead atoms. The number of rotatable bonds is 5. The Morgan fingerprint density at radius 1 is 1.21 bits per heavy atom. The lowest BCUT2D eigenvalue weighted by molar-refractivity contribution is 0.122. The summed E-state index contributed by atoms with van der Waals surface area (Å²) in [4.78, 5) is 2.40. The Morgan fingerprint density at radius 3 is 2.53 bits per heavy atom. The summed E-state index contributed by atoms with van der Waals surface area (Å²) in [7, 11) is 0. The zero-order valence-corrected chi connectivity index (χ0v) is 11.8. The summed E-state index contributed by atoms with van der Waals surface area (Å²) >= 11 is 0. The van der Waals surface area contributed by atoms with Gasteiger partial charge < -0.3 is 15.0 Å². The van der Waals surface area contributed by atoms with Gasteiger partial charge in [-0.1, -0.05) is 19.1 Å². The van der Waals surface area contributed by atoms with Crippen LogP contribution in [0.15, 0.2) is 24.3 Å². The minimum absolute atomic E-state index is 0.850. The molecular weight excluding hydrogens is 236 g/mol. The highest BCUT2D eigenvalue weighted by Gasteiger charge is 2.31. The summed E-state index contributed by atoms with van der Waals surface area (Å²) in [5.41, 5.74) is 2.70. The molecule has 1 heterocycles. The molecule has 1 aromatic rings. The van der Waals surface area contributed by atoms with E-state index in [9.17, 15) is 0 Å². The summed E-state index contributed by atoms with van der Waals surface area (Å²) in [6.45, 7) is 8.22. The van der Waals surface area contributed by atoms with Crippen LogP contribution in [0.2, 0.25) is 0 Å². The van der Waals surface area contributed by atoms with Crippen molar-refractivity contribution in [1.82, 2.24) is 5.32 Å². The van der Waals surface area contributed by atoms with Crippen LogP contribution >= 0.6 is 0 Å². The fourth-order valence-electron chi connectivity index (χ4n) is 2.73. The maximum absolute atomic E-state index is 5.38. The van der Waals surface area contributed by atoms with Crippen LogP contribution in [0, 0.1) is 11.8 Å². The lowest BCUT2D eigenvalue weighted by Crippen LogP contribution is -2.36. The molecule has 19 heavy (non-hydrogen) atoms. The van der Waals surface area contributed by atoms with Gasteiger partial charge >= 0.3 is 0 Å². The van der Waals surface area contributed by atoms with Crippen molar-refractivity contribution in [3.63, 3.8) is 0 Å². The zero-order chi connectivity index (χ0) is 13.1. The second kappa shape index (κ2) is 5.93. The molecule has 1 saturated heterocycles. The minimum atomic E-state index is 0.850. The van der Waals surface area contributed by atoms with Crippen LogP contribution in [0.1, 0.15) is 18.9 Å². The number of hydrogen-bond acceptors (Lipinski definition) is 3. The van der Waals surface area contributed by atoms with Crippen LogP contribution in [0.5, 0.6) is 0 Å². The van der Waals surface area contributed by atoms with E-state index in [1.54, 1.807) is 0 Å². The minimum Gasteiger partial charge on any atom is -0.378 e. The van der Waals surface area contributed by atoms with Gasteiger partial charge in [-0.05, 0) is 42.5 Å². The smallest absolute Gasteiger partial charge is 0.0642 e. The molecule has 104 valence electrons. The highest BCUT2D eigenvalue weighted by atomic mass is 16.5. The van der Waals surface area contributed by atoms with Gasteiger partial charge in [0.1, 0.15) is 0 Å². The van der Waals surface area contributed by atoms with E-state index in [1.807, 2.05) is 0 Å². The van der Waals surface area contributed by atoms with Gasteiger partial charge in [0.25, 0.3) is 0 Å². The fraction of sp³-hybridized carbons (Fsp3) is 0.625. The Kier molecular flexibility index (Phi) is 4.04. The van der Waals surface area contributed by atoms with Gasteiger partial charge in [0.2, 0.25) is 0 Å². The van der Waals surface area contributed by atoms with Crippen LogP contribution < -0.4 is 10.2 Å². The van der Waals surface area contributed by atoms with Crippen molar-refractivity contribution in [3.8, 4) is 0 Å². The molecule has 2 unspecified atom stereocenters. The van der Waals surface area contributed by atoms with Crippen molar-refractivity contribution >= 4 is 5.69 Å². The number of ether oxygens (including phenoxy) is 1. The Bertz CT molecular complexity index is 398. The average Bonchev–Trinajstić information content (AvgIpc) is 3.16. The first-order chi connectivity index (χ1) is 9.33. The number of nitrogens with zero attached hydrogens (tertiary/aromatic N) is 1. The maximum Gasteiger partial charge on any atom is 0.0642 e. The first-order valence-electron chi connectivity index (χ1n) is 7.45. The largest absolute Gasteiger partial charge is 0.378 e. The number of morpholine rings is 1. The Labute approximate surface area is 115 Å². The number of nitrogens with one attached hydrogen (secondary N) is 1. The molecule has 0 amide bonds. The molecule has 0 spiro atoms. The third-order valence-electron chi connectivity index (χ3n) is 4.32. The predicted octanol–water partition coefficient (Wildman–Crippen LogP) is 2.27. The monoisotopic (exact) mass is 260 g/mol. The van der Waals surface area contributed by atoms with Crippen LogP contribution in [-0.4, -0.2) is 32.8 Å². The molecule has 1 N–H and O–H groups in total. The third kappa shape index (κ3) is 3.48. The Morgan fingerprint density at radius 2 is 1.89 bits per heavy atom. The summed E-state index contributed by atoms with van der Waals surface area (Å²) in [5.74, 6) is 1.86. The van der Waals surface area contributed by atoms with Crippen LogP contribution in [0.3, 0.4) is 0 Å². The van der Waals surface area contributed by atoms with Gasteiger partial charge in [-0.3, -0.25) is 0 Å². The zero-order valence-electron chi connectivity index (χ0n) is 11.8. The first-order valence-corrected chi connectivity index (χ1v) is 7.45. The van der Waals surface area contributed by atoms with Crippen LogP contribution in [0.25, 0.3) is 0 Å². The van der Waals surface area contributed by atoms with Crippen LogP contribution in [-0.2, 0) is 11.3 Å². The van der Waals surface area contributed by atoms with Gasteiger partial charge in [-0.2, -0.15) is 0 Å². The molecule has 2 atom stereocenters. The van der Waals surface area contributed by atoms with Crippen molar-refractivity contribution in [2.75, 3.05) is 37.7 Å². The van der Waals surface area contributed by atoms with E-state index in [-0.39, 0.29) is 0 Å². The van der Waals surface area contributed by atoms with E-state index in [0.29, 0.717) is 0 Å². The molecule has 0 aromatic heterocycles. The number of benzene rings is 1. The molecule has 3 rings (SSSR count). The maximum atomic E-state index is 5.38. The second-order valence-corrected chi connectivity index (χ2v) is 5.87. The number of anilines is 1. The SMILES string of the molecule is CC1CC1CNCc1ccc(N2CCOCC2)cc1. The van der Waals surface area contributed by atoms with Crippen molar-refractivity contribution in [1.29, 1.82) is 0 Å². The molecule has 1 aromatic carbocycles. The average molecular weight is 260 g/mol. The second-order valence-electron chi connectivity index (χ2n) is 5.87. The highest BCUT2D eigenvalue weighted by molar-refractivity contribution is 5.47. The molecule has 1 aliphatic carbocycles. The third-order valence-corrected chi connectivity index (χ3v) is 4.32. The van der Waals surface area contributed by atoms with E-state index in [1.165, 1.54) is 24.2 Å². The normalized spacial score (nSPS) is 26.5. The van der Waals surface area contributed by atoms with Gasteiger partial charge in [-0.15, -0.1) is 0 Å². The first kappa shape index (κ1) is 12.9. The van der Waals surface area contributed by atoms with E-state index >= 15 is 0 Å². The van der Waals surface area contributed by atoms with Crippen LogP contribution in [0.4, 0.5) is 5.69 Å². The number of hydrogen-bond donors (Lipinski definition) is 1. The summed E-state index contributed by atoms with van der Waals surface area (Å²) in [6, 6.07) is 8.96. The van der Waals surface area contributed by atoms with Crippen molar-refractivity contribution < 1.29 is 4.74 Å².